The quantitative estimate of drug-likeness (QED) is 0.243. The summed E-state index contributed by atoms with van der Waals surface area (Å²) < 4.78 is 11.4. The molecule has 198 valence electrons. The molecular weight excluding hydrogens is 500 g/mol. The number of rotatable bonds is 9. The zero-order valence-electron chi connectivity index (χ0n) is 21.5. The molecule has 1 atom stereocenters. The Morgan fingerprint density at radius 3 is 2.55 bits per heavy atom. The van der Waals surface area contributed by atoms with E-state index in [0.717, 1.165) is 55.3 Å². The van der Waals surface area contributed by atoms with E-state index in [-0.39, 0.29) is 11.3 Å². The van der Waals surface area contributed by atoms with Crippen molar-refractivity contribution in [2.45, 2.75) is 26.0 Å². The number of aliphatic hydroxyl groups excluding tert-OH is 1. The van der Waals surface area contributed by atoms with E-state index in [2.05, 4.69) is 4.90 Å². The fourth-order valence-electron chi connectivity index (χ4n) is 4.99. The van der Waals surface area contributed by atoms with E-state index in [9.17, 15) is 14.7 Å². The maximum Gasteiger partial charge on any atom is 0.295 e. The molecule has 2 aliphatic heterocycles. The number of carbonyl (C=O) groups is 2. The molecule has 8 heteroatoms. The third kappa shape index (κ3) is 5.67. The first-order valence-corrected chi connectivity index (χ1v) is 13.8. The van der Waals surface area contributed by atoms with Crippen LogP contribution in [0.15, 0.2) is 71.6 Å². The Labute approximate surface area is 226 Å². The largest absolute Gasteiger partial charge is 0.507 e. The smallest absolute Gasteiger partial charge is 0.295 e. The van der Waals surface area contributed by atoms with Crippen LogP contribution in [-0.2, 0) is 20.9 Å². The number of Topliss-reactive ketones (excluding diaryl/α,β-unsaturated/α-hetero) is 1. The first kappa shape index (κ1) is 26.2. The lowest BCUT2D eigenvalue weighted by atomic mass is 9.98. The summed E-state index contributed by atoms with van der Waals surface area (Å²) in [5, 5.41) is 13.3. The van der Waals surface area contributed by atoms with E-state index < -0.39 is 17.7 Å². The highest BCUT2D eigenvalue weighted by Gasteiger charge is 2.46. The van der Waals surface area contributed by atoms with E-state index in [4.69, 9.17) is 9.47 Å². The molecule has 3 heterocycles. The Morgan fingerprint density at radius 2 is 1.84 bits per heavy atom. The van der Waals surface area contributed by atoms with Crippen molar-refractivity contribution in [2.75, 3.05) is 39.4 Å². The van der Waals surface area contributed by atoms with Crippen LogP contribution < -0.4 is 4.74 Å². The summed E-state index contributed by atoms with van der Waals surface area (Å²) in [6, 6.07) is 18.4. The number of aryl methyl sites for hydroxylation is 1. The van der Waals surface area contributed by atoms with E-state index in [0.29, 0.717) is 24.5 Å². The number of amides is 1. The molecule has 1 N–H and O–H groups in total. The van der Waals surface area contributed by atoms with Gasteiger partial charge in [-0.1, -0.05) is 36.4 Å². The van der Waals surface area contributed by atoms with Crippen LogP contribution in [0.2, 0.25) is 0 Å². The standard InChI is InChI=1S/C30H32N2O5S/c1-21-19-23(10-11-24(21)37-20-22-7-3-2-4-8-22)28(33)26-27(25-9-5-18-38-25)32(30(35)29(26)34)13-6-12-31-14-16-36-17-15-31/h2-5,7-11,18-19,27,33H,6,12-17,20H2,1H3/b28-26+/t27-/m1/s1. The van der Waals surface area contributed by atoms with E-state index in [1.807, 2.05) is 54.8 Å². The Bertz CT molecular complexity index is 1300. The van der Waals surface area contributed by atoms with Gasteiger partial charge in [-0.3, -0.25) is 14.5 Å². The van der Waals surface area contributed by atoms with Gasteiger partial charge in [0.05, 0.1) is 24.8 Å². The molecule has 1 aromatic heterocycles. The van der Waals surface area contributed by atoms with Gasteiger partial charge in [-0.15, -0.1) is 11.3 Å². The molecule has 0 aliphatic carbocycles. The number of likely N-dealkylation sites (tertiary alicyclic amines) is 1. The third-order valence-corrected chi connectivity index (χ3v) is 7.94. The Balaban J connectivity index is 1.38. The molecule has 2 aliphatic rings. The van der Waals surface area contributed by atoms with Crippen LogP contribution >= 0.6 is 11.3 Å². The van der Waals surface area contributed by atoms with Gasteiger partial charge in [0.2, 0.25) is 0 Å². The molecule has 0 unspecified atom stereocenters. The average molecular weight is 533 g/mol. The predicted molar refractivity (Wildman–Crippen MR) is 147 cm³/mol. The highest BCUT2D eigenvalue weighted by Crippen LogP contribution is 2.41. The third-order valence-electron chi connectivity index (χ3n) is 7.02. The van der Waals surface area contributed by atoms with Crippen LogP contribution in [-0.4, -0.2) is 66.0 Å². The molecule has 7 nitrogen and oxygen atoms in total. The van der Waals surface area contributed by atoms with Crippen LogP contribution in [0.1, 0.15) is 34.0 Å². The molecule has 2 fully saturated rings. The second kappa shape index (κ2) is 11.9. The number of ether oxygens (including phenoxy) is 2. The van der Waals surface area contributed by atoms with Gasteiger partial charge in [0.1, 0.15) is 18.1 Å². The molecule has 1 amide bonds. The van der Waals surface area contributed by atoms with Crippen molar-refractivity contribution in [1.29, 1.82) is 0 Å². The van der Waals surface area contributed by atoms with Crippen LogP contribution in [0.4, 0.5) is 0 Å². The predicted octanol–water partition coefficient (Wildman–Crippen LogP) is 4.78. The molecule has 0 saturated carbocycles. The van der Waals surface area contributed by atoms with Crippen molar-refractivity contribution in [3.63, 3.8) is 0 Å². The fraction of sp³-hybridized carbons (Fsp3) is 0.333. The Hall–Kier alpha value is -3.46. The minimum Gasteiger partial charge on any atom is -0.507 e. The number of thiophene rings is 1. The van der Waals surface area contributed by atoms with E-state index in [1.165, 1.54) is 11.3 Å². The summed E-state index contributed by atoms with van der Waals surface area (Å²) in [6.45, 7) is 6.78. The molecule has 0 spiro atoms. The van der Waals surface area contributed by atoms with Crippen molar-refractivity contribution in [3.05, 3.63) is 93.2 Å². The molecule has 5 rings (SSSR count). The minimum atomic E-state index is -0.644. The fourth-order valence-corrected chi connectivity index (χ4v) is 5.84. The lowest BCUT2D eigenvalue weighted by molar-refractivity contribution is -0.140. The van der Waals surface area contributed by atoms with Gasteiger partial charge in [-0.05, 0) is 54.1 Å². The number of carbonyl (C=O) groups excluding carboxylic acids is 2. The number of ketones is 1. The normalized spacial score (nSPS) is 19.7. The second-order valence-corrected chi connectivity index (χ2v) is 10.5. The molecular formula is C30H32N2O5S. The number of aliphatic hydroxyl groups is 1. The highest BCUT2D eigenvalue weighted by molar-refractivity contribution is 7.10. The summed E-state index contributed by atoms with van der Waals surface area (Å²) in [5.74, 6) is -0.667. The van der Waals surface area contributed by atoms with Crippen molar-refractivity contribution in [2.24, 2.45) is 0 Å². The zero-order chi connectivity index (χ0) is 26.5. The average Bonchev–Trinajstić information content (AvgIpc) is 3.56. The Morgan fingerprint density at radius 1 is 1.05 bits per heavy atom. The van der Waals surface area contributed by atoms with Crippen LogP contribution in [0, 0.1) is 6.92 Å². The van der Waals surface area contributed by atoms with Gasteiger partial charge in [0.15, 0.2) is 0 Å². The summed E-state index contributed by atoms with van der Waals surface area (Å²) in [4.78, 5) is 31.2. The van der Waals surface area contributed by atoms with Crippen molar-refractivity contribution in [3.8, 4) is 5.75 Å². The number of benzene rings is 2. The highest BCUT2D eigenvalue weighted by atomic mass is 32.1. The molecule has 2 aromatic carbocycles. The molecule has 0 radical (unpaired) electrons. The van der Waals surface area contributed by atoms with Crippen molar-refractivity contribution >= 4 is 28.8 Å². The van der Waals surface area contributed by atoms with Crippen LogP contribution in [0.5, 0.6) is 5.75 Å². The molecule has 0 bridgehead atoms. The maximum absolute atomic E-state index is 13.3. The Kier molecular flexibility index (Phi) is 8.22. The summed E-state index contributed by atoms with van der Waals surface area (Å²) >= 11 is 1.48. The van der Waals surface area contributed by atoms with Gasteiger partial charge in [0.25, 0.3) is 11.7 Å². The SMILES string of the molecule is Cc1cc(/C(O)=C2\C(=O)C(=O)N(CCCN3CCOCC3)[C@@H]2c2cccs2)ccc1OCc1ccccc1. The molecule has 38 heavy (non-hydrogen) atoms. The topological polar surface area (TPSA) is 79.3 Å². The lowest BCUT2D eigenvalue weighted by Crippen LogP contribution is -2.38. The van der Waals surface area contributed by atoms with Gasteiger partial charge in [-0.25, -0.2) is 0 Å². The second-order valence-electron chi connectivity index (χ2n) is 9.57. The van der Waals surface area contributed by atoms with E-state index in [1.54, 1.807) is 23.1 Å². The number of hydrogen-bond acceptors (Lipinski definition) is 7. The van der Waals surface area contributed by atoms with Crippen LogP contribution in [0.3, 0.4) is 0 Å². The number of hydrogen-bond donors (Lipinski definition) is 1. The van der Waals surface area contributed by atoms with Crippen molar-refractivity contribution in [1.82, 2.24) is 9.80 Å². The first-order valence-electron chi connectivity index (χ1n) is 12.9. The van der Waals surface area contributed by atoms with Gasteiger partial charge in [0, 0.05) is 36.6 Å². The van der Waals surface area contributed by atoms with E-state index >= 15 is 0 Å². The monoisotopic (exact) mass is 532 g/mol. The summed E-state index contributed by atoms with van der Waals surface area (Å²) in [7, 11) is 0. The number of morpholine rings is 1. The van der Waals surface area contributed by atoms with Crippen LogP contribution in [0.25, 0.3) is 5.76 Å². The first-order chi connectivity index (χ1) is 18.5. The summed E-state index contributed by atoms with van der Waals surface area (Å²) in [5.41, 5.74) is 2.52. The van der Waals surface area contributed by atoms with Crippen molar-refractivity contribution < 1.29 is 24.2 Å². The zero-order valence-corrected chi connectivity index (χ0v) is 22.3. The van der Waals surface area contributed by atoms with Gasteiger partial charge in [-0.2, -0.15) is 0 Å². The number of nitrogens with zero attached hydrogens (tertiary/aromatic N) is 2. The summed E-state index contributed by atoms with van der Waals surface area (Å²) in [6.07, 6.45) is 0.738. The molecule has 2 saturated heterocycles. The molecule has 3 aromatic rings. The lowest BCUT2D eigenvalue weighted by Gasteiger charge is -2.28. The van der Waals surface area contributed by atoms with Gasteiger partial charge < -0.3 is 19.5 Å². The maximum atomic E-state index is 13.3. The minimum absolute atomic E-state index is 0.140. The van der Waals surface area contributed by atoms with Gasteiger partial charge >= 0.3 is 0 Å².